The number of nitrogens with zero attached hydrogens (tertiary/aromatic N) is 1. The summed E-state index contributed by atoms with van der Waals surface area (Å²) in [6, 6.07) is 8.29. The first-order chi connectivity index (χ1) is 10.2. The molecule has 3 heterocycles. The maximum Gasteiger partial charge on any atom is 0.303 e. The third-order valence-corrected chi connectivity index (χ3v) is 4.74. The van der Waals surface area contributed by atoms with Crippen molar-refractivity contribution in [3.63, 3.8) is 0 Å². The van der Waals surface area contributed by atoms with E-state index in [1.165, 1.54) is 10.6 Å². The standard InChI is InChI=1S/C16H19NO3S/c18-16(19)8-6-12-5-7-14(15-4-2-10-21-15)17(12)11-13-3-1-9-20-13/h2,4-5,7,10,13H,1,3,6,8-9,11H2,(H,18,19)/t13-/m0/s1. The molecule has 112 valence electrons. The fraction of sp³-hybridized carbons (Fsp3) is 0.438. The van der Waals surface area contributed by atoms with E-state index in [1.54, 1.807) is 11.3 Å². The summed E-state index contributed by atoms with van der Waals surface area (Å²) < 4.78 is 7.99. The van der Waals surface area contributed by atoms with Gasteiger partial charge in [0.25, 0.3) is 0 Å². The summed E-state index contributed by atoms with van der Waals surface area (Å²) in [4.78, 5) is 12.0. The average molecular weight is 305 g/mol. The number of aryl methyl sites for hydroxylation is 1. The Labute approximate surface area is 128 Å². The fourth-order valence-corrected chi connectivity index (χ4v) is 3.57. The molecule has 0 aliphatic carbocycles. The molecule has 1 aliphatic heterocycles. The molecule has 0 unspecified atom stereocenters. The molecule has 4 nitrogen and oxygen atoms in total. The number of rotatable bonds is 6. The van der Waals surface area contributed by atoms with Crippen LogP contribution in [0.4, 0.5) is 0 Å². The lowest BCUT2D eigenvalue weighted by atomic mass is 10.2. The zero-order valence-corrected chi connectivity index (χ0v) is 12.6. The van der Waals surface area contributed by atoms with Gasteiger partial charge in [-0.2, -0.15) is 0 Å². The fourth-order valence-electron chi connectivity index (χ4n) is 2.81. The molecule has 1 fully saturated rings. The van der Waals surface area contributed by atoms with Crippen LogP contribution in [0.3, 0.4) is 0 Å². The largest absolute Gasteiger partial charge is 0.481 e. The van der Waals surface area contributed by atoms with Crippen molar-refractivity contribution >= 4 is 17.3 Å². The Balaban J connectivity index is 1.86. The summed E-state index contributed by atoms with van der Waals surface area (Å²) in [7, 11) is 0. The van der Waals surface area contributed by atoms with Crippen LogP contribution < -0.4 is 0 Å². The molecule has 1 aliphatic rings. The molecule has 2 aromatic rings. The first-order valence-corrected chi connectivity index (χ1v) is 8.17. The maximum absolute atomic E-state index is 10.8. The highest BCUT2D eigenvalue weighted by molar-refractivity contribution is 7.13. The monoisotopic (exact) mass is 305 g/mol. The number of carboxylic acids is 1. The van der Waals surface area contributed by atoms with Crippen molar-refractivity contribution in [1.82, 2.24) is 4.57 Å². The summed E-state index contributed by atoms with van der Waals surface area (Å²) >= 11 is 1.71. The van der Waals surface area contributed by atoms with Crippen LogP contribution in [0.25, 0.3) is 10.6 Å². The van der Waals surface area contributed by atoms with E-state index >= 15 is 0 Å². The molecule has 5 heteroatoms. The Morgan fingerprint density at radius 2 is 2.33 bits per heavy atom. The molecule has 21 heavy (non-hydrogen) atoms. The van der Waals surface area contributed by atoms with Gasteiger partial charge in [-0.3, -0.25) is 4.79 Å². The Kier molecular flexibility index (Phi) is 4.41. The second kappa shape index (κ2) is 6.45. The van der Waals surface area contributed by atoms with Crippen molar-refractivity contribution in [3.8, 4) is 10.6 Å². The number of aromatic nitrogens is 1. The van der Waals surface area contributed by atoms with Crippen molar-refractivity contribution in [3.05, 3.63) is 35.3 Å². The van der Waals surface area contributed by atoms with Gasteiger partial charge in [-0.15, -0.1) is 11.3 Å². The summed E-state index contributed by atoms with van der Waals surface area (Å²) in [5.74, 6) is -0.752. The van der Waals surface area contributed by atoms with Gasteiger partial charge in [0.2, 0.25) is 0 Å². The van der Waals surface area contributed by atoms with Gasteiger partial charge in [0.15, 0.2) is 0 Å². The summed E-state index contributed by atoms with van der Waals surface area (Å²) in [6.45, 7) is 1.65. The molecule has 3 rings (SSSR count). The van der Waals surface area contributed by atoms with Gasteiger partial charge in [-0.25, -0.2) is 0 Å². The van der Waals surface area contributed by atoms with E-state index in [-0.39, 0.29) is 12.5 Å². The Bertz CT molecular complexity index is 597. The average Bonchev–Trinajstić information content (AvgIpc) is 3.18. The van der Waals surface area contributed by atoms with E-state index in [0.717, 1.165) is 31.7 Å². The molecular formula is C16H19NO3S. The molecule has 0 aromatic carbocycles. The molecule has 0 saturated carbocycles. The van der Waals surface area contributed by atoms with Gasteiger partial charge in [-0.05, 0) is 42.8 Å². The normalized spacial score (nSPS) is 18.2. The van der Waals surface area contributed by atoms with E-state index in [2.05, 4.69) is 22.1 Å². The number of hydrogen-bond donors (Lipinski definition) is 1. The Morgan fingerprint density at radius 3 is 3.00 bits per heavy atom. The quantitative estimate of drug-likeness (QED) is 0.889. The molecule has 0 amide bonds. The third-order valence-electron chi connectivity index (χ3n) is 3.85. The number of carbonyl (C=O) groups is 1. The highest BCUT2D eigenvalue weighted by Crippen LogP contribution is 2.29. The van der Waals surface area contributed by atoms with Gasteiger partial charge in [0.05, 0.1) is 23.1 Å². The number of ether oxygens (including phenoxy) is 1. The van der Waals surface area contributed by atoms with E-state index < -0.39 is 5.97 Å². The summed E-state index contributed by atoms with van der Waals surface area (Å²) in [5, 5.41) is 11.0. The summed E-state index contributed by atoms with van der Waals surface area (Å²) in [5.41, 5.74) is 2.25. The topological polar surface area (TPSA) is 51.5 Å². The van der Waals surface area contributed by atoms with Crippen LogP contribution >= 0.6 is 11.3 Å². The highest BCUT2D eigenvalue weighted by Gasteiger charge is 2.20. The minimum absolute atomic E-state index is 0.166. The lowest BCUT2D eigenvalue weighted by Crippen LogP contribution is -2.17. The van der Waals surface area contributed by atoms with Gasteiger partial charge in [0.1, 0.15) is 0 Å². The van der Waals surface area contributed by atoms with Crippen molar-refractivity contribution in [1.29, 1.82) is 0 Å². The van der Waals surface area contributed by atoms with Crippen LogP contribution in [-0.4, -0.2) is 28.4 Å². The SMILES string of the molecule is O=C(O)CCc1ccc(-c2cccs2)n1C[C@@H]1CCCO1. The molecule has 1 atom stereocenters. The first-order valence-electron chi connectivity index (χ1n) is 7.30. The van der Waals surface area contributed by atoms with Crippen LogP contribution in [0.5, 0.6) is 0 Å². The van der Waals surface area contributed by atoms with Crippen LogP contribution in [-0.2, 0) is 22.5 Å². The predicted octanol–water partition coefficient (Wildman–Crippen LogP) is 3.41. The lowest BCUT2D eigenvalue weighted by molar-refractivity contribution is -0.136. The van der Waals surface area contributed by atoms with Crippen molar-refractivity contribution in [2.75, 3.05) is 6.61 Å². The molecule has 1 saturated heterocycles. The number of aliphatic carboxylic acids is 1. The van der Waals surface area contributed by atoms with E-state index in [9.17, 15) is 4.79 Å². The Hall–Kier alpha value is -1.59. The van der Waals surface area contributed by atoms with E-state index in [4.69, 9.17) is 9.84 Å². The van der Waals surface area contributed by atoms with Crippen LogP contribution in [0.15, 0.2) is 29.6 Å². The van der Waals surface area contributed by atoms with E-state index in [1.807, 2.05) is 12.1 Å². The zero-order chi connectivity index (χ0) is 14.7. The Morgan fingerprint density at radius 1 is 1.43 bits per heavy atom. The third kappa shape index (κ3) is 3.36. The molecular weight excluding hydrogens is 286 g/mol. The highest BCUT2D eigenvalue weighted by atomic mass is 32.1. The predicted molar refractivity (Wildman–Crippen MR) is 82.7 cm³/mol. The number of hydrogen-bond acceptors (Lipinski definition) is 3. The van der Waals surface area contributed by atoms with Crippen LogP contribution in [0.1, 0.15) is 25.0 Å². The van der Waals surface area contributed by atoms with Gasteiger partial charge >= 0.3 is 5.97 Å². The summed E-state index contributed by atoms with van der Waals surface area (Å²) in [6.07, 6.45) is 3.18. The smallest absolute Gasteiger partial charge is 0.303 e. The van der Waals surface area contributed by atoms with Crippen molar-refractivity contribution < 1.29 is 14.6 Å². The molecule has 0 bridgehead atoms. The molecule has 0 radical (unpaired) electrons. The van der Waals surface area contributed by atoms with Crippen LogP contribution in [0, 0.1) is 0 Å². The molecule has 0 spiro atoms. The van der Waals surface area contributed by atoms with Gasteiger partial charge < -0.3 is 14.4 Å². The second-order valence-electron chi connectivity index (χ2n) is 5.33. The van der Waals surface area contributed by atoms with Gasteiger partial charge in [-0.1, -0.05) is 6.07 Å². The number of carboxylic acid groups (broad SMARTS) is 1. The lowest BCUT2D eigenvalue weighted by Gasteiger charge is -2.17. The molecule has 2 aromatic heterocycles. The minimum Gasteiger partial charge on any atom is -0.481 e. The van der Waals surface area contributed by atoms with Crippen molar-refractivity contribution in [2.24, 2.45) is 0 Å². The molecule has 1 N–H and O–H groups in total. The van der Waals surface area contributed by atoms with Crippen LogP contribution in [0.2, 0.25) is 0 Å². The maximum atomic E-state index is 10.8. The van der Waals surface area contributed by atoms with E-state index in [0.29, 0.717) is 6.42 Å². The zero-order valence-electron chi connectivity index (χ0n) is 11.8. The van der Waals surface area contributed by atoms with Gasteiger partial charge in [0, 0.05) is 18.8 Å². The van der Waals surface area contributed by atoms with Crippen molar-refractivity contribution in [2.45, 2.75) is 38.3 Å². The first kappa shape index (κ1) is 14.4. The second-order valence-corrected chi connectivity index (χ2v) is 6.27. The minimum atomic E-state index is -0.752. The number of thiophene rings is 1.